The van der Waals surface area contributed by atoms with E-state index in [1.807, 2.05) is 11.9 Å². The first-order chi connectivity index (χ1) is 10.4. The summed E-state index contributed by atoms with van der Waals surface area (Å²) in [5, 5.41) is 7.82. The molecular weight excluding hydrogens is 306 g/mol. The lowest BCUT2D eigenvalue weighted by atomic mass is 9.90. The van der Waals surface area contributed by atoms with E-state index in [2.05, 4.69) is 15.3 Å². The molecule has 0 amide bonds. The molecule has 3 heterocycles. The van der Waals surface area contributed by atoms with Crippen molar-refractivity contribution < 1.29 is 13.2 Å². The number of pyridine rings is 1. The summed E-state index contributed by atoms with van der Waals surface area (Å²) in [6.45, 7) is 1.21. The molecule has 9 heteroatoms. The van der Waals surface area contributed by atoms with Gasteiger partial charge in [0.05, 0.1) is 29.9 Å². The Balaban J connectivity index is 1.79. The van der Waals surface area contributed by atoms with Gasteiger partial charge in [-0.25, -0.2) is 18.1 Å². The van der Waals surface area contributed by atoms with Crippen molar-refractivity contribution in [2.75, 3.05) is 31.4 Å². The van der Waals surface area contributed by atoms with Crippen LogP contribution in [-0.4, -0.2) is 54.9 Å². The molecule has 0 aliphatic carbocycles. The van der Waals surface area contributed by atoms with Gasteiger partial charge in [-0.1, -0.05) is 5.21 Å². The minimum absolute atomic E-state index is 0.214. The molecule has 118 valence electrons. The van der Waals surface area contributed by atoms with Gasteiger partial charge in [0.2, 0.25) is 0 Å². The molecule has 0 atom stereocenters. The van der Waals surface area contributed by atoms with E-state index in [1.165, 1.54) is 12.5 Å². The molecule has 8 nitrogen and oxygen atoms in total. The molecule has 2 aromatic rings. The Morgan fingerprint density at radius 1 is 1.27 bits per heavy atom. The largest absolute Gasteiger partial charge is 0.368 e. The van der Waals surface area contributed by atoms with E-state index >= 15 is 0 Å². The van der Waals surface area contributed by atoms with Crippen molar-refractivity contribution in [3.63, 3.8) is 0 Å². The summed E-state index contributed by atoms with van der Waals surface area (Å²) >= 11 is 0. The van der Waals surface area contributed by atoms with E-state index in [-0.39, 0.29) is 4.90 Å². The van der Waals surface area contributed by atoms with Crippen molar-refractivity contribution in [2.45, 2.75) is 10.5 Å². The van der Waals surface area contributed by atoms with Gasteiger partial charge in [0.15, 0.2) is 9.84 Å². The second-order valence-electron chi connectivity index (χ2n) is 5.42. The van der Waals surface area contributed by atoms with E-state index in [1.54, 1.807) is 30.1 Å². The molecule has 0 aromatic carbocycles. The van der Waals surface area contributed by atoms with Crippen LogP contribution in [0.4, 0.5) is 5.82 Å². The molecule has 1 aliphatic rings. The highest BCUT2D eigenvalue weighted by Gasteiger charge is 2.47. The topological polar surface area (TPSA) is 90.2 Å². The summed E-state index contributed by atoms with van der Waals surface area (Å²) in [5.74, 6) is 0.718. The van der Waals surface area contributed by atoms with Gasteiger partial charge in [0.25, 0.3) is 0 Å². The summed E-state index contributed by atoms with van der Waals surface area (Å²) in [6.07, 6.45) is 4.24. The fourth-order valence-electron chi connectivity index (χ4n) is 2.61. The Bertz CT molecular complexity index is 778. The van der Waals surface area contributed by atoms with E-state index in [9.17, 15) is 8.42 Å². The Morgan fingerprint density at radius 2 is 2.00 bits per heavy atom. The Hall–Kier alpha value is -2.00. The van der Waals surface area contributed by atoms with Crippen LogP contribution in [0.25, 0.3) is 0 Å². The highest BCUT2D eigenvalue weighted by molar-refractivity contribution is 7.90. The molecule has 0 spiro atoms. The van der Waals surface area contributed by atoms with E-state index in [0.29, 0.717) is 13.1 Å². The minimum Gasteiger partial charge on any atom is -0.368 e. The maximum absolute atomic E-state index is 11.4. The quantitative estimate of drug-likeness (QED) is 0.780. The smallest absolute Gasteiger partial charge is 0.177 e. The van der Waals surface area contributed by atoms with E-state index in [4.69, 9.17) is 4.74 Å². The molecule has 0 N–H and O–H groups in total. The first-order valence-corrected chi connectivity index (χ1v) is 8.56. The molecule has 2 aromatic heterocycles. The van der Waals surface area contributed by atoms with Crippen LogP contribution in [0.5, 0.6) is 0 Å². The van der Waals surface area contributed by atoms with Crippen LogP contribution < -0.4 is 4.90 Å². The first kappa shape index (κ1) is 14.9. The van der Waals surface area contributed by atoms with Crippen LogP contribution >= 0.6 is 0 Å². The van der Waals surface area contributed by atoms with Crippen molar-refractivity contribution in [1.29, 1.82) is 0 Å². The molecule has 0 saturated carbocycles. The monoisotopic (exact) mass is 323 g/mol. The third-order valence-electron chi connectivity index (χ3n) is 3.94. The van der Waals surface area contributed by atoms with Crippen LogP contribution in [0.2, 0.25) is 0 Å². The fourth-order valence-corrected chi connectivity index (χ4v) is 3.17. The number of sulfone groups is 1. The van der Waals surface area contributed by atoms with E-state index in [0.717, 1.165) is 11.5 Å². The van der Waals surface area contributed by atoms with Crippen molar-refractivity contribution in [1.82, 2.24) is 20.0 Å². The van der Waals surface area contributed by atoms with Gasteiger partial charge in [0, 0.05) is 26.6 Å². The van der Waals surface area contributed by atoms with Crippen molar-refractivity contribution in [3.8, 4) is 0 Å². The fraction of sp³-hybridized carbons (Fsp3) is 0.462. The number of aromatic nitrogens is 4. The second-order valence-corrected chi connectivity index (χ2v) is 7.44. The highest BCUT2D eigenvalue weighted by Crippen LogP contribution is 2.36. The number of ether oxygens (including phenoxy) is 1. The van der Waals surface area contributed by atoms with Gasteiger partial charge in [0.1, 0.15) is 11.4 Å². The Kier molecular flexibility index (Phi) is 3.41. The summed E-state index contributed by atoms with van der Waals surface area (Å²) in [5.41, 5.74) is 0.439. The summed E-state index contributed by atoms with van der Waals surface area (Å²) in [4.78, 5) is 6.45. The van der Waals surface area contributed by atoms with Crippen LogP contribution in [0, 0.1) is 0 Å². The standard InChI is InChI=1S/C13H17N5O3S/c1-17-11(7-15-16-17)13(21-2)8-18(9-13)12-5-4-10(6-14-12)22(3,19)20/h4-7H,8-9H2,1-3H3. The zero-order valence-corrected chi connectivity index (χ0v) is 13.4. The van der Waals surface area contributed by atoms with Gasteiger partial charge in [-0.2, -0.15) is 0 Å². The number of hydrogen-bond acceptors (Lipinski definition) is 7. The molecule has 22 heavy (non-hydrogen) atoms. The number of hydrogen-bond donors (Lipinski definition) is 0. The van der Waals surface area contributed by atoms with Crippen molar-refractivity contribution >= 4 is 15.7 Å². The molecule has 0 unspecified atom stereocenters. The lowest BCUT2D eigenvalue weighted by Gasteiger charge is -2.49. The zero-order chi connectivity index (χ0) is 16.0. The molecule has 0 radical (unpaired) electrons. The lowest BCUT2D eigenvalue weighted by molar-refractivity contribution is -0.0447. The highest BCUT2D eigenvalue weighted by atomic mass is 32.2. The summed E-state index contributed by atoms with van der Waals surface area (Å²) in [7, 11) is 0.253. The van der Waals surface area contributed by atoms with Gasteiger partial charge < -0.3 is 9.64 Å². The average molecular weight is 323 g/mol. The maximum Gasteiger partial charge on any atom is 0.177 e. The minimum atomic E-state index is -3.23. The molecular formula is C13H17N5O3S. The number of nitrogens with zero attached hydrogens (tertiary/aromatic N) is 5. The average Bonchev–Trinajstić information content (AvgIpc) is 2.85. The number of anilines is 1. The Morgan fingerprint density at radius 3 is 2.45 bits per heavy atom. The first-order valence-electron chi connectivity index (χ1n) is 6.67. The Labute approximate surface area is 128 Å². The predicted molar refractivity (Wildman–Crippen MR) is 79.2 cm³/mol. The molecule has 3 rings (SSSR count). The van der Waals surface area contributed by atoms with Gasteiger partial charge in [-0.05, 0) is 12.1 Å². The van der Waals surface area contributed by atoms with Gasteiger partial charge in [-0.3, -0.25) is 0 Å². The molecule has 1 saturated heterocycles. The lowest BCUT2D eigenvalue weighted by Crippen LogP contribution is -2.61. The van der Waals surface area contributed by atoms with Crippen LogP contribution in [0.3, 0.4) is 0 Å². The zero-order valence-electron chi connectivity index (χ0n) is 12.6. The molecule has 1 aliphatic heterocycles. The molecule has 1 fully saturated rings. The summed E-state index contributed by atoms with van der Waals surface area (Å²) < 4.78 is 30.3. The van der Waals surface area contributed by atoms with Crippen LogP contribution in [0.1, 0.15) is 5.69 Å². The van der Waals surface area contributed by atoms with Crippen molar-refractivity contribution in [2.24, 2.45) is 7.05 Å². The van der Waals surface area contributed by atoms with Gasteiger partial charge >= 0.3 is 0 Å². The summed E-state index contributed by atoms with van der Waals surface area (Å²) in [6, 6.07) is 3.27. The van der Waals surface area contributed by atoms with Crippen LogP contribution in [0.15, 0.2) is 29.4 Å². The SMILES string of the molecule is COC1(c2cnnn2C)CN(c2ccc(S(C)(=O)=O)cn2)C1. The maximum atomic E-state index is 11.4. The van der Waals surface area contributed by atoms with Gasteiger partial charge in [-0.15, -0.1) is 5.10 Å². The second kappa shape index (κ2) is 5.03. The number of rotatable bonds is 4. The molecule has 0 bridgehead atoms. The number of methoxy groups -OCH3 is 1. The van der Waals surface area contributed by atoms with Crippen LogP contribution in [-0.2, 0) is 27.2 Å². The normalized spacial score (nSPS) is 17.3. The van der Waals surface area contributed by atoms with E-state index < -0.39 is 15.4 Å². The third-order valence-corrected chi connectivity index (χ3v) is 5.04. The van der Waals surface area contributed by atoms with Crippen molar-refractivity contribution in [3.05, 3.63) is 30.2 Å². The third kappa shape index (κ3) is 2.35. The predicted octanol–water partition coefficient (Wildman–Crippen LogP) is -0.0245. The number of aryl methyl sites for hydroxylation is 1.